The lowest BCUT2D eigenvalue weighted by molar-refractivity contribution is 1.08. The van der Waals surface area contributed by atoms with Crippen LogP contribution in [0.1, 0.15) is 16.7 Å². The van der Waals surface area contributed by atoms with E-state index < -0.39 is 0 Å². The van der Waals surface area contributed by atoms with Crippen LogP contribution in [0.3, 0.4) is 0 Å². The van der Waals surface area contributed by atoms with E-state index in [9.17, 15) is 5.26 Å². The molecule has 0 spiro atoms. The Labute approximate surface area is 137 Å². The number of anilines is 2. The van der Waals surface area contributed by atoms with Gasteiger partial charge in [0.25, 0.3) is 0 Å². The van der Waals surface area contributed by atoms with E-state index in [4.69, 9.17) is 0 Å². The van der Waals surface area contributed by atoms with Crippen LogP contribution in [0.5, 0.6) is 0 Å². The van der Waals surface area contributed by atoms with E-state index in [2.05, 4.69) is 50.0 Å². The monoisotopic (exact) mass is 326 g/mol. The van der Waals surface area contributed by atoms with Crippen molar-refractivity contribution >= 4 is 34.3 Å². The minimum absolute atomic E-state index is 0.552. The van der Waals surface area contributed by atoms with Crippen LogP contribution in [0.2, 0.25) is 0 Å². The minimum atomic E-state index is 0.552. The van der Waals surface area contributed by atoms with E-state index in [1.165, 1.54) is 11.1 Å². The minimum Gasteiger partial charge on any atom is -0.366 e. The summed E-state index contributed by atoms with van der Waals surface area (Å²) in [6, 6.07) is 9.94. The van der Waals surface area contributed by atoms with Gasteiger partial charge >= 0.3 is 0 Å². The fraction of sp³-hybridized carbons (Fsp3) is 0.125. The molecule has 3 aromatic rings. The summed E-state index contributed by atoms with van der Waals surface area (Å²) in [5, 5.41) is 24.0. The van der Waals surface area contributed by atoms with Gasteiger partial charge in [-0.25, -0.2) is 4.98 Å². The van der Waals surface area contributed by atoms with Crippen molar-refractivity contribution in [1.82, 2.24) is 4.98 Å². The third kappa shape index (κ3) is 3.64. The molecule has 110 valence electrons. The third-order valence-corrected chi connectivity index (χ3v) is 4.57. The summed E-state index contributed by atoms with van der Waals surface area (Å²) >= 11 is 3.33. The number of nitriles is 1. The lowest BCUT2D eigenvalue weighted by Crippen LogP contribution is -2.06. The maximum atomic E-state index is 9.20. The average Bonchev–Trinajstić information content (AvgIpc) is 3.24. The van der Waals surface area contributed by atoms with Gasteiger partial charge < -0.3 is 10.6 Å². The summed E-state index contributed by atoms with van der Waals surface area (Å²) in [5.41, 5.74) is 2.97. The molecule has 2 N–H and O–H groups in total. The van der Waals surface area contributed by atoms with Crippen molar-refractivity contribution in [2.45, 2.75) is 13.1 Å². The molecule has 0 bridgehead atoms. The molecule has 0 radical (unpaired) electrons. The smallest absolute Gasteiger partial charge is 0.146 e. The van der Waals surface area contributed by atoms with Gasteiger partial charge in [-0.1, -0.05) is 0 Å². The molecule has 0 saturated heterocycles. The topological polar surface area (TPSA) is 60.7 Å². The van der Waals surface area contributed by atoms with Gasteiger partial charge in [0.15, 0.2) is 0 Å². The normalized spacial score (nSPS) is 10.1. The summed E-state index contributed by atoms with van der Waals surface area (Å²) in [6.45, 7) is 1.39. The Bertz CT molecular complexity index is 758. The van der Waals surface area contributed by atoms with Gasteiger partial charge in [-0.05, 0) is 56.9 Å². The number of nitrogens with zero attached hydrogens (tertiary/aromatic N) is 2. The second-order valence-electron chi connectivity index (χ2n) is 4.67. The summed E-state index contributed by atoms with van der Waals surface area (Å²) < 4.78 is 0. The molecule has 22 heavy (non-hydrogen) atoms. The van der Waals surface area contributed by atoms with Crippen molar-refractivity contribution in [3.63, 3.8) is 0 Å². The number of hydrogen-bond donors (Lipinski definition) is 2. The van der Waals surface area contributed by atoms with Gasteiger partial charge in [0, 0.05) is 13.1 Å². The summed E-state index contributed by atoms with van der Waals surface area (Å²) in [5.74, 6) is 1.38. The van der Waals surface area contributed by atoms with Gasteiger partial charge in [-0.3, -0.25) is 0 Å². The number of hydrogen-bond acceptors (Lipinski definition) is 6. The van der Waals surface area contributed by atoms with Crippen LogP contribution in [0.15, 0.2) is 45.8 Å². The first kappa shape index (κ1) is 14.6. The molecule has 0 fully saturated rings. The van der Waals surface area contributed by atoms with Crippen LogP contribution in [0.25, 0.3) is 0 Å². The predicted octanol–water partition coefficient (Wildman–Crippen LogP) is 4.30. The second kappa shape index (κ2) is 7.07. The van der Waals surface area contributed by atoms with E-state index in [-0.39, 0.29) is 0 Å². The van der Waals surface area contributed by atoms with Crippen molar-refractivity contribution in [2.75, 3.05) is 10.6 Å². The zero-order valence-electron chi connectivity index (χ0n) is 11.7. The van der Waals surface area contributed by atoms with Crippen LogP contribution in [0, 0.1) is 11.3 Å². The van der Waals surface area contributed by atoms with Crippen molar-refractivity contribution in [2.24, 2.45) is 0 Å². The lowest BCUT2D eigenvalue weighted by atomic mass is 10.2. The Morgan fingerprint density at radius 2 is 1.64 bits per heavy atom. The number of thiophene rings is 2. The first-order valence-corrected chi connectivity index (χ1v) is 8.65. The van der Waals surface area contributed by atoms with Gasteiger partial charge in [-0.2, -0.15) is 27.9 Å². The molecular weight excluding hydrogens is 312 g/mol. The molecule has 0 aliphatic heterocycles. The van der Waals surface area contributed by atoms with E-state index in [1.54, 1.807) is 28.7 Å². The highest BCUT2D eigenvalue weighted by molar-refractivity contribution is 7.08. The molecule has 0 saturated carbocycles. The maximum Gasteiger partial charge on any atom is 0.146 e. The van der Waals surface area contributed by atoms with Crippen molar-refractivity contribution in [1.29, 1.82) is 5.26 Å². The number of nitrogens with one attached hydrogen (secondary N) is 2. The fourth-order valence-electron chi connectivity index (χ4n) is 1.95. The quantitative estimate of drug-likeness (QED) is 0.709. The zero-order valence-corrected chi connectivity index (χ0v) is 13.4. The van der Waals surface area contributed by atoms with E-state index >= 15 is 0 Å². The second-order valence-corrected chi connectivity index (χ2v) is 6.23. The molecule has 3 heterocycles. The van der Waals surface area contributed by atoms with Crippen LogP contribution < -0.4 is 10.6 Å². The largest absolute Gasteiger partial charge is 0.366 e. The first-order chi connectivity index (χ1) is 10.8. The van der Waals surface area contributed by atoms with Crippen molar-refractivity contribution < 1.29 is 0 Å². The van der Waals surface area contributed by atoms with Crippen LogP contribution in [-0.4, -0.2) is 4.98 Å². The molecule has 3 aromatic heterocycles. The van der Waals surface area contributed by atoms with Crippen molar-refractivity contribution in [3.05, 3.63) is 62.5 Å². The third-order valence-electron chi connectivity index (χ3n) is 3.11. The van der Waals surface area contributed by atoms with Crippen LogP contribution >= 0.6 is 22.7 Å². The van der Waals surface area contributed by atoms with Gasteiger partial charge in [0.2, 0.25) is 0 Å². The maximum absolute atomic E-state index is 9.20. The molecule has 3 rings (SSSR count). The molecule has 4 nitrogen and oxygen atoms in total. The predicted molar refractivity (Wildman–Crippen MR) is 92.2 cm³/mol. The van der Waals surface area contributed by atoms with E-state index in [1.807, 2.05) is 11.4 Å². The lowest BCUT2D eigenvalue weighted by Gasteiger charge is -2.10. The molecule has 0 aliphatic carbocycles. The van der Waals surface area contributed by atoms with Gasteiger partial charge in [-0.15, -0.1) is 0 Å². The number of rotatable bonds is 6. The molecule has 0 aromatic carbocycles. The molecular formula is C16H14N4S2. The Morgan fingerprint density at radius 1 is 0.955 bits per heavy atom. The Morgan fingerprint density at radius 3 is 2.23 bits per heavy atom. The highest BCUT2D eigenvalue weighted by Gasteiger charge is 2.06. The fourth-order valence-corrected chi connectivity index (χ4v) is 3.28. The van der Waals surface area contributed by atoms with E-state index in [0.717, 1.165) is 12.4 Å². The number of aromatic nitrogens is 1. The highest BCUT2D eigenvalue weighted by atomic mass is 32.1. The molecule has 0 aliphatic rings. The van der Waals surface area contributed by atoms with Gasteiger partial charge in [0.05, 0.1) is 5.56 Å². The van der Waals surface area contributed by atoms with Gasteiger partial charge in [0.1, 0.15) is 17.7 Å². The standard InChI is InChI=1S/C16H14N4S2/c17-7-14-1-2-15(18-8-12-3-5-21-10-12)20-16(14)19-9-13-4-6-22-11-13/h1-6,10-11H,8-9H2,(H2,18,19,20). The summed E-state index contributed by atoms with van der Waals surface area (Å²) in [6.07, 6.45) is 0. The number of pyridine rings is 1. The highest BCUT2D eigenvalue weighted by Crippen LogP contribution is 2.18. The molecule has 0 atom stereocenters. The Balaban J connectivity index is 1.70. The molecule has 6 heteroatoms. The Kier molecular flexibility index (Phi) is 4.68. The molecule has 0 unspecified atom stereocenters. The van der Waals surface area contributed by atoms with Crippen molar-refractivity contribution in [3.8, 4) is 6.07 Å². The Hall–Kier alpha value is -2.36. The molecule has 0 amide bonds. The van der Waals surface area contributed by atoms with Crippen LogP contribution in [0.4, 0.5) is 11.6 Å². The SMILES string of the molecule is N#Cc1ccc(NCc2ccsc2)nc1NCc1ccsc1. The summed E-state index contributed by atoms with van der Waals surface area (Å²) in [4.78, 5) is 4.50. The van der Waals surface area contributed by atoms with Crippen LogP contribution in [-0.2, 0) is 13.1 Å². The first-order valence-electron chi connectivity index (χ1n) is 6.76. The average molecular weight is 326 g/mol. The summed E-state index contributed by atoms with van der Waals surface area (Å²) in [7, 11) is 0. The zero-order chi connectivity index (χ0) is 15.2. The van der Waals surface area contributed by atoms with E-state index in [0.29, 0.717) is 17.9 Å².